The SMILES string of the molecule is CN(C(=O)c1cccc(S(=O)(=O)N2CCN(Cc3ccccc3)CC2)c1)C1CCCCCC1. The number of carbonyl (C=O) groups excluding carboxylic acids is 1. The Kier molecular flexibility index (Phi) is 7.83. The molecule has 6 nitrogen and oxygen atoms in total. The number of carbonyl (C=O) groups is 1. The number of sulfonamides is 1. The fourth-order valence-corrected chi connectivity index (χ4v) is 6.39. The molecule has 2 aromatic rings. The van der Waals surface area contributed by atoms with Gasteiger partial charge < -0.3 is 4.90 Å². The molecule has 0 atom stereocenters. The molecule has 1 amide bonds. The van der Waals surface area contributed by atoms with Crippen LogP contribution < -0.4 is 0 Å². The van der Waals surface area contributed by atoms with E-state index in [0.29, 0.717) is 31.7 Å². The van der Waals surface area contributed by atoms with Gasteiger partial charge in [0.15, 0.2) is 0 Å². The van der Waals surface area contributed by atoms with Crippen molar-refractivity contribution < 1.29 is 13.2 Å². The summed E-state index contributed by atoms with van der Waals surface area (Å²) in [6.07, 6.45) is 6.79. The molecule has 0 N–H and O–H groups in total. The highest BCUT2D eigenvalue weighted by molar-refractivity contribution is 7.89. The molecule has 0 radical (unpaired) electrons. The Hall–Kier alpha value is -2.22. The monoisotopic (exact) mass is 469 g/mol. The first kappa shape index (κ1) is 23.9. The molecule has 2 aromatic carbocycles. The number of hydrogen-bond acceptors (Lipinski definition) is 4. The normalized spacial score (nSPS) is 19.2. The van der Waals surface area contributed by atoms with Crippen molar-refractivity contribution in [2.24, 2.45) is 0 Å². The van der Waals surface area contributed by atoms with Gasteiger partial charge in [-0.05, 0) is 36.6 Å². The number of amides is 1. The van der Waals surface area contributed by atoms with E-state index in [9.17, 15) is 13.2 Å². The van der Waals surface area contributed by atoms with Crippen molar-refractivity contribution in [3.63, 3.8) is 0 Å². The summed E-state index contributed by atoms with van der Waals surface area (Å²) in [5.41, 5.74) is 1.68. The maximum absolute atomic E-state index is 13.3. The van der Waals surface area contributed by atoms with Crippen LogP contribution in [0.1, 0.15) is 54.4 Å². The van der Waals surface area contributed by atoms with Gasteiger partial charge in [-0.2, -0.15) is 4.31 Å². The first-order chi connectivity index (χ1) is 15.9. The molecule has 1 aliphatic heterocycles. The molecule has 1 saturated heterocycles. The van der Waals surface area contributed by atoms with E-state index in [0.717, 1.165) is 32.2 Å². The van der Waals surface area contributed by atoms with Crippen LogP contribution in [0, 0.1) is 0 Å². The van der Waals surface area contributed by atoms with Crippen molar-refractivity contribution in [1.29, 1.82) is 0 Å². The van der Waals surface area contributed by atoms with E-state index < -0.39 is 10.0 Å². The van der Waals surface area contributed by atoms with Gasteiger partial charge in [-0.1, -0.05) is 62.1 Å². The van der Waals surface area contributed by atoms with Crippen LogP contribution in [-0.2, 0) is 16.6 Å². The molecule has 33 heavy (non-hydrogen) atoms. The zero-order valence-corrected chi connectivity index (χ0v) is 20.3. The minimum Gasteiger partial charge on any atom is -0.339 e. The first-order valence-corrected chi connectivity index (χ1v) is 13.5. The molecule has 0 spiro atoms. The van der Waals surface area contributed by atoms with E-state index in [4.69, 9.17) is 0 Å². The molecule has 1 heterocycles. The lowest BCUT2D eigenvalue weighted by Gasteiger charge is -2.34. The highest BCUT2D eigenvalue weighted by Gasteiger charge is 2.30. The van der Waals surface area contributed by atoms with Crippen molar-refractivity contribution in [2.75, 3.05) is 33.2 Å². The van der Waals surface area contributed by atoms with E-state index in [2.05, 4.69) is 17.0 Å². The Balaban J connectivity index is 1.41. The van der Waals surface area contributed by atoms with Crippen molar-refractivity contribution >= 4 is 15.9 Å². The summed E-state index contributed by atoms with van der Waals surface area (Å²) in [7, 11) is -1.78. The molecular formula is C26H35N3O3S. The van der Waals surface area contributed by atoms with Crippen LogP contribution in [0.25, 0.3) is 0 Å². The maximum atomic E-state index is 13.3. The van der Waals surface area contributed by atoms with Crippen LogP contribution in [0.4, 0.5) is 0 Å². The smallest absolute Gasteiger partial charge is 0.253 e. The minimum absolute atomic E-state index is 0.0911. The summed E-state index contributed by atoms with van der Waals surface area (Å²) < 4.78 is 28.2. The lowest BCUT2D eigenvalue weighted by atomic mass is 10.1. The minimum atomic E-state index is -3.63. The summed E-state index contributed by atoms with van der Waals surface area (Å²) in [6, 6.07) is 17.1. The van der Waals surface area contributed by atoms with Gasteiger partial charge in [-0.15, -0.1) is 0 Å². The van der Waals surface area contributed by atoms with Gasteiger partial charge in [-0.3, -0.25) is 9.69 Å². The molecule has 0 bridgehead atoms. The predicted molar refractivity (Wildman–Crippen MR) is 131 cm³/mol. The zero-order chi connectivity index (χ0) is 23.3. The summed E-state index contributed by atoms with van der Waals surface area (Å²) in [4.78, 5) is 17.4. The van der Waals surface area contributed by atoms with Crippen molar-refractivity contribution in [1.82, 2.24) is 14.1 Å². The van der Waals surface area contributed by atoms with Crippen molar-refractivity contribution in [2.45, 2.75) is 56.0 Å². The second-order valence-electron chi connectivity index (χ2n) is 9.26. The topological polar surface area (TPSA) is 60.9 Å². The second-order valence-corrected chi connectivity index (χ2v) is 11.2. The van der Waals surface area contributed by atoms with E-state index in [-0.39, 0.29) is 16.8 Å². The fraction of sp³-hybridized carbons (Fsp3) is 0.500. The molecule has 0 unspecified atom stereocenters. The Morgan fingerprint density at radius 3 is 2.24 bits per heavy atom. The average molecular weight is 470 g/mol. The fourth-order valence-electron chi connectivity index (χ4n) is 4.92. The predicted octanol–water partition coefficient (Wildman–Crippen LogP) is 3.99. The number of rotatable bonds is 6. The van der Waals surface area contributed by atoms with Crippen molar-refractivity contribution in [3.05, 3.63) is 65.7 Å². The molecule has 7 heteroatoms. The number of hydrogen-bond donors (Lipinski definition) is 0. The molecule has 2 fully saturated rings. The van der Waals surface area contributed by atoms with Crippen molar-refractivity contribution in [3.8, 4) is 0 Å². The standard InChI is InChI=1S/C26H35N3O3S/c1-27(24-13-7-2-3-8-14-24)26(30)23-12-9-15-25(20-23)33(31,32)29-18-16-28(17-19-29)21-22-10-5-4-6-11-22/h4-6,9-12,15,20,24H,2-3,7-8,13-14,16-19,21H2,1H3. The lowest BCUT2D eigenvalue weighted by Crippen LogP contribution is -2.48. The number of benzene rings is 2. The van der Waals surface area contributed by atoms with Crippen LogP contribution in [0.5, 0.6) is 0 Å². The average Bonchev–Trinajstić information content (AvgIpc) is 3.14. The van der Waals surface area contributed by atoms with Gasteiger partial charge >= 0.3 is 0 Å². The molecule has 178 valence electrons. The second kappa shape index (κ2) is 10.8. The van der Waals surface area contributed by atoms with Crippen LogP contribution in [0.3, 0.4) is 0 Å². The van der Waals surface area contributed by atoms with Gasteiger partial charge in [0.25, 0.3) is 5.91 Å². The summed E-state index contributed by atoms with van der Waals surface area (Å²) >= 11 is 0. The third-order valence-electron chi connectivity index (χ3n) is 6.99. The molecule has 2 aliphatic rings. The van der Waals surface area contributed by atoms with E-state index in [1.54, 1.807) is 28.6 Å². The van der Waals surface area contributed by atoms with Gasteiger partial charge in [0.1, 0.15) is 0 Å². The van der Waals surface area contributed by atoms with Gasteiger partial charge in [-0.25, -0.2) is 8.42 Å². The van der Waals surface area contributed by atoms with Crippen LogP contribution in [-0.4, -0.2) is 67.7 Å². The molecule has 0 aromatic heterocycles. The van der Waals surface area contributed by atoms with E-state index in [1.165, 1.54) is 18.4 Å². The van der Waals surface area contributed by atoms with Gasteiger partial charge in [0, 0.05) is 51.4 Å². The van der Waals surface area contributed by atoms with Crippen LogP contribution >= 0.6 is 0 Å². The largest absolute Gasteiger partial charge is 0.339 e. The maximum Gasteiger partial charge on any atom is 0.253 e. The third kappa shape index (κ3) is 5.83. The Morgan fingerprint density at radius 1 is 0.909 bits per heavy atom. The van der Waals surface area contributed by atoms with E-state index in [1.807, 2.05) is 30.1 Å². The van der Waals surface area contributed by atoms with Gasteiger partial charge in [0.2, 0.25) is 10.0 Å². The Bertz CT molecular complexity index is 1030. The summed E-state index contributed by atoms with van der Waals surface area (Å²) in [6.45, 7) is 3.12. The number of nitrogens with zero attached hydrogens (tertiary/aromatic N) is 3. The molecule has 1 saturated carbocycles. The first-order valence-electron chi connectivity index (χ1n) is 12.1. The van der Waals surface area contributed by atoms with Gasteiger partial charge in [0.05, 0.1) is 4.90 Å². The molecule has 1 aliphatic carbocycles. The molecular weight excluding hydrogens is 434 g/mol. The lowest BCUT2D eigenvalue weighted by molar-refractivity contribution is 0.0717. The van der Waals surface area contributed by atoms with Crippen LogP contribution in [0.15, 0.2) is 59.5 Å². The number of piperazine rings is 1. The Morgan fingerprint density at radius 2 is 1.58 bits per heavy atom. The highest BCUT2D eigenvalue weighted by Crippen LogP contribution is 2.24. The summed E-state index contributed by atoms with van der Waals surface area (Å²) in [5, 5.41) is 0. The highest BCUT2D eigenvalue weighted by atomic mass is 32.2. The summed E-state index contributed by atoms with van der Waals surface area (Å²) in [5.74, 6) is -0.0911. The Labute approximate surface area is 198 Å². The van der Waals surface area contributed by atoms with E-state index >= 15 is 0 Å². The molecule has 4 rings (SSSR count). The quantitative estimate of drug-likeness (QED) is 0.601. The zero-order valence-electron chi connectivity index (χ0n) is 19.5. The third-order valence-corrected chi connectivity index (χ3v) is 8.89. The van der Waals surface area contributed by atoms with Crippen LogP contribution in [0.2, 0.25) is 0 Å².